The molecule has 0 bridgehead atoms. The summed E-state index contributed by atoms with van der Waals surface area (Å²) in [5, 5.41) is 0. The third-order valence-corrected chi connectivity index (χ3v) is 0.801. The van der Waals surface area contributed by atoms with Crippen LogP contribution in [-0.4, -0.2) is 9.97 Å². The van der Waals surface area contributed by atoms with Crippen molar-refractivity contribution < 1.29 is 0 Å². The highest BCUT2D eigenvalue weighted by Gasteiger charge is 1.83. The Morgan fingerprint density at radius 3 is 1.75 bits per heavy atom. The van der Waals surface area contributed by atoms with Gasteiger partial charge in [-0.1, -0.05) is 27.7 Å². The minimum Gasteiger partial charge on any atom is -0.382 e. The van der Waals surface area contributed by atoms with E-state index in [-0.39, 0.29) is 0 Å². The minimum atomic E-state index is 0.468. The lowest BCUT2D eigenvalue weighted by molar-refractivity contribution is 1.13. The van der Waals surface area contributed by atoms with Gasteiger partial charge < -0.3 is 5.73 Å². The molecular formula is C9H19N3. The van der Waals surface area contributed by atoms with E-state index in [1.165, 1.54) is 6.20 Å². The standard InChI is InChI=1S/C5H7N3.2C2H6/c1-4-2-8-5(6)3-7-4;2*1-2/h2-3H,1H3,(H2,6,8);2*1-2H3. The monoisotopic (exact) mass is 169 g/mol. The van der Waals surface area contributed by atoms with Crippen LogP contribution >= 0.6 is 0 Å². The summed E-state index contributed by atoms with van der Waals surface area (Å²) in [6, 6.07) is 0. The predicted octanol–water partition coefficient (Wildman–Crippen LogP) is 2.42. The first-order chi connectivity index (χ1) is 5.79. The fraction of sp³-hybridized carbons (Fsp3) is 0.556. The maximum Gasteiger partial charge on any atom is 0.141 e. The van der Waals surface area contributed by atoms with Crippen molar-refractivity contribution in [2.75, 3.05) is 5.73 Å². The molecule has 0 amide bonds. The van der Waals surface area contributed by atoms with Crippen molar-refractivity contribution in [2.24, 2.45) is 0 Å². The molecule has 0 spiro atoms. The van der Waals surface area contributed by atoms with Gasteiger partial charge in [-0.2, -0.15) is 0 Å². The fourth-order valence-corrected chi connectivity index (χ4v) is 0.403. The summed E-state index contributed by atoms with van der Waals surface area (Å²) >= 11 is 0. The van der Waals surface area contributed by atoms with Crippen LogP contribution in [0.15, 0.2) is 12.4 Å². The first-order valence-corrected chi connectivity index (χ1v) is 4.33. The number of nitrogens with zero attached hydrogens (tertiary/aromatic N) is 2. The zero-order chi connectivity index (χ0) is 9.98. The molecule has 1 heterocycles. The minimum absolute atomic E-state index is 0.468. The van der Waals surface area contributed by atoms with Crippen LogP contribution in [0.25, 0.3) is 0 Å². The van der Waals surface area contributed by atoms with Crippen molar-refractivity contribution in [3.8, 4) is 0 Å². The number of nitrogens with two attached hydrogens (primary N) is 1. The second kappa shape index (κ2) is 9.88. The molecule has 0 saturated heterocycles. The lowest BCUT2D eigenvalue weighted by atomic mass is 10.5. The summed E-state index contributed by atoms with van der Waals surface area (Å²) in [6.07, 6.45) is 3.17. The van der Waals surface area contributed by atoms with Gasteiger partial charge in [0.05, 0.1) is 18.1 Å². The van der Waals surface area contributed by atoms with Gasteiger partial charge in [-0.15, -0.1) is 0 Å². The Bertz CT molecular complexity index is 149. The third-order valence-electron chi connectivity index (χ3n) is 0.801. The van der Waals surface area contributed by atoms with E-state index in [2.05, 4.69) is 9.97 Å². The van der Waals surface area contributed by atoms with Gasteiger partial charge in [0, 0.05) is 0 Å². The Morgan fingerprint density at radius 1 is 1.00 bits per heavy atom. The molecule has 12 heavy (non-hydrogen) atoms. The largest absolute Gasteiger partial charge is 0.382 e. The average Bonchev–Trinajstić information content (AvgIpc) is 2.17. The van der Waals surface area contributed by atoms with Gasteiger partial charge in [0.25, 0.3) is 0 Å². The first-order valence-electron chi connectivity index (χ1n) is 4.33. The van der Waals surface area contributed by atoms with Crippen molar-refractivity contribution in [2.45, 2.75) is 34.6 Å². The lowest BCUT2D eigenvalue weighted by Gasteiger charge is -1.88. The summed E-state index contributed by atoms with van der Waals surface area (Å²) in [5.74, 6) is 0.468. The van der Waals surface area contributed by atoms with Crippen molar-refractivity contribution in [3.63, 3.8) is 0 Å². The Hall–Kier alpha value is -1.12. The average molecular weight is 169 g/mol. The van der Waals surface area contributed by atoms with Gasteiger partial charge in [-0.05, 0) is 6.92 Å². The van der Waals surface area contributed by atoms with Gasteiger partial charge >= 0.3 is 0 Å². The quantitative estimate of drug-likeness (QED) is 0.649. The smallest absolute Gasteiger partial charge is 0.141 e. The molecule has 3 nitrogen and oxygen atoms in total. The van der Waals surface area contributed by atoms with E-state index in [9.17, 15) is 0 Å². The number of nitrogen functional groups attached to an aromatic ring is 1. The first kappa shape index (κ1) is 13.5. The molecule has 0 aromatic carbocycles. The highest BCUT2D eigenvalue weighted by Crippen LogP contribution is 1.91. The van der Waals surface area contributed by atoms with E-state index >= 15 is 0 Å². The van der Waals surface area contributed by atoms with E-state index in [0.717, 1.165) is 5.69 Å². The molecule has 1 aromatic rings. The maximum atomic E-state index is 5.25. The normalized spacial score (nSPS) is 7.08. The van der Waals surface area contributed by atoms with Crippen LogP contribution in [0, 0.1) is 6.92 Å². The van der Waals surface area contributed by atoms with Crippen LogP contribution in [-0.2, 0) is 0 Å². The molecule has 0 aliphatic carbocycles. The summed E-state index contributed by atoms with van der Waals surface area (Å²) < 4.78 is 0. The van der Waals surface area contributed by atoms with Crippen molar-refractivity contribution in [1.29, 1.82) is 0 Å². The SMILES string of the molecule is CC.CC.Cc1cnc(N)cn1. The Morgan fingerprint density at radius 2 is 1.50 bits per heavy atom. The zero-order valence-corrected chi connectivity index (χ0v) is 8.63. The van der Waals surface area contributed by atoms with Crippen molar-refractivity contribution in [3.05, 3.63) is 18.1 Å². The number of aryl methyl sites for hydroxylation is 1. The van der Waals surface area contributed by atoms with E-state index in [1.54, 1.807) is 6.20 Å². The number of rotatable bonds is 0. The number of anilines is 1. The molecule has 0 fully saturated rings. The second-order valence-corrected chi connectivity index (χ2v) is 1.58. The predicted molar refractivity (Wildman–Crippen MR) is 53.9 cm³/mol. The molecule has 0 atom stereocenters. The number of hydrogen-bond donors (Lipinski definition) is 1. The van der Waals surface area contributed by atoms with E-state index in [0.29, 0.717) is 5.82 Å². The topological polar surface area (TPSA) is 51.8 Å². The second-order valence-electron chi connectivity index (χ2n) is 1.58. The molecule has 1 rings (SSSR count). The molecule has 0 saturated carbocycles. The molecule has 2 N–H and O–H groups in total. The molecule has 0 aliphatic heterocycles. The molecule has 0 radical (unpaired) electrons. The van der Waals surface area contributed by atoms with Crippen molar-refractivity contribution >= 4 is 5.82 Å². The molecule has 70 valence electrons. The summed E-state index contributed by atoms with van der Waals surface area (Å²) in [6.45, 7) is 9.87. The van der Waals surface area contributed by atoms with Crippen LogP contribution in [0.2, 0.25) is 0 Å². The van der Waals surface area contributed by atoms with Crippen molar-refractivity contribution in [1.82, 2.24) is 9.97 Å². The Balaban J connectivity index is 0. The van der Waals surface area contributed by atoms with Crippen LogP contribution < -0.4 is 5.73 Å². The fourth-order valence-electron chi connectivity index (χ4n) is 0.403. The summed E-state index contributed by atoms with van der Waals surface area (Å²) in [5.41, 5.74) is 6.14. The van der Waals surface area contributed by atoms with Gasteiger partial charge in [-0.25, -0.2) is 4.98 Å². The summed E-state index contributed by atoms with van der Waals surface area (Å²) in [4.78, 5) is 7.69. The number of aromatic nitrogens is 2. The van der Waals surface area contributed by atoms with Gasteiger partial charge in [0.1, 0.15) is 5.82 Å². The molecule has 3 heteroatoms. The highest BCUT2D eigenvalue weighted by atomic mass is 14.9. The van der Waals surface area contributed by atoms with E-state index < -0.39 is 0 Å². The maximum absolute atomic E-state index is 5.25. The van der Waals surface area contributed by atoms with Gasteiger partial charge in [0.2, 0.25) is 0 Å². The molecule has 0 unspecified atom stereocenters. The molecular weight excluding hydrogens is 150 g/mol. The van der Waals surface area contributed by atoms with Gasteiger partial charge in [-0.3, -0.25) is 4.98 Å². The highest BCUT2D eigenvalue weighted by molar-refractivity contribution is 5.22. The van der Waals surface area contributed by atoms with Gasteiger partial charge in [0.15, 0.2) is 0 Å². The molecule has 0 aliphatic rings. The van der Waals surface area contributed by atoms with E-state index in [4.69, 9.17) is 5.73 Å². The summed E-state index contributed by atoms with van der Waals surface area (Å²) in [7, 11) is 0. The van der Waals surface area contributed by atoms with E-state index in [1.807, 2.05) is 34.6 Å². The Labute approximate surface area is 75.0 Å². The van der Waals surface area contributed by atoms with Crippen LogP contribution in [0.1, 0.15) is 33.4 Å². The zero-order valence-electron chi connectivity index (χ0n) is 8.63. The van der Waals surface area contributed by atoms with Crippen LogP contribution in [0.4, 0.5) is 5.82 Å². The third kappa shape index (κ3) is 6.99. The Kier molecular flexibility index (Phi) is 11.1. The molecule has 1 aromatic heterocycles. The van der Waals surface area contributed by atoms with Crippen LogP contribution in [0.5, 0.6) is 0 Å². The van der Waals surface area contributed by atoms with Crippen LogP contribution in [0.3, 0.4) is 0 Å². The lowest BCUT2D eigenvalue weighted by Crippen LogP contribution is -1.90. The number of hydrogen-bond acceptors (Lipinski definition) is 3.